The molecule has 0 saturated carbocycles. The van der Waals surface area contributed by atoms with Crippen LogP contribution in [0.4, 0.5) is 0 Å². The van der Waals surface area contributed by atoms with Crippen molar-refractivity contribution in [1.29, 1.82) is 0 Å². The first-order chi connectivity index (χ1) is 6.81. The van der Waals surface area contributed by atoms with Gasteiger partial charge < -0.3 is 5.32 Å². The van der Waals surface area contributed by atoms with Crippen molar-refractivity contribution >= 4 is 27.7 Å². The van der Waals surface area contributed by atoms with Crippen LogP contribution < -0.4 is 5.32 Å². The van der Waals surface area contributed by atoms with E-state index < -0.39 is 0 Å². The topological polar surface area (TPSA) is 12.0 Å². The largest absolute Gasteiger partial charge is 0.319 e. The van der Waals surface area contributed by atoms with E-state index in [1.165, 1.54) is 27.1 Å². The van der Waals surface area contributed by atoms with Crippen LogP contribution in [0, 0.1) is 0 Å². The van der Waals surface area contributed by atoms with Crippen LogP contribution in [-0.4, -0.2) is 19.3 Å². The molecule has 2 rings (SSSR count). The smallest absolute Gasteiger partial charge is 0.0178 e. The molecule has 76 valence electrons. The van der Waals surface area contributed by atoms with Gasteiger partial charge in [-0.05, 0) is 48.9 Å². The van der Waals surface area contributed by atoms with Crippen LogP contribution in [-0.2, 0) is 0 Å². The maximum atomic E-state index is 3.54. The second-order valence-electron chi connectivity index (χ2n) is 3.57. The average molecular weight is 272 g/mol. The highest BCUT2D eigenvalue weighted by Crippen LogP contribution is 2.38. The summed E-state index contributed by atoms with van der Waals surface area (Å²) in [5, 5.41) is 3.27. The Hall–Kier alpha value is 0.01000. The van der Waals surface area contributed by atoms with E-state index >= 15 is 0 Å². The Morgan fingerprint density at radius 3 is 3.21 bits per heavy atom. The SMILES string of the molecule is CNCC1CCSc2ccc(Br)cc21. The molecule has 0 aliphatic carbocycles. The maximum Gasteiger partial charge on any atom is 0.0178 e. The summed E-state index contributed by atoms with van der Waals surface area (Å²) in [6, 6.07) is 6.63. The van der Waals surface area contributed by atoms with Gasteiger partial charge in [-0.2, -0.15) is 0 Å². The molecule has 0 aromatic heterocycles. The van der Waals surface area contributed by atoms with Gasteiger partial charge in [0.2, 0.25) is 0 Å². The second kappa shape index (κ2) is 4.69. The lowest BCUT2D eigenvalue weighted by Crippen LogP contribution is -2.20. The summed E-state index contributed by atoms with van der Waals surface area (Å²) in [6.45, 7) is 1.09. The summed E-state index contributed by atoms with van der Waals surface area (Å²) in [5.74, 6) is 1.94. The number of benzene rings is 1. The van der Waals surface area contributed by atoms with Gasteiger partial charge in [-0.3, -0.25) is 0 Å². The van der Waals surface area contributed by atoms with Crippen molar-refractivity contribution in [2.45, 2.75) is 17.2 Å². The van der Waals surface area contributed by atoms with Gasteiger partial charge in [-0.25, -0.2) is 0 Å². The number of halogens is 1. The molecule has 3 heteroatoms. The molecule has 1 aliphatic rings. The predicted octanol–water partition coefficient (Wildman–Crippen LogP) is 3.25. The Kier molecular flexibility index (Phi) is 3.52. The first kappa shape index (κ1) is 10.5. The van der Waals surface area contributed by atoms with Gasteiger partial charge in [-0.1, -0.05) is 15.9 Å². The Morgan fingerprint density at radius 2 is 2.43 bits per heavy atom. The van der Waals surface area contributed by atoms with E-state index in [4.69, 9.17) is 0 Å². The fraction of sp³-hybridized carbons (Fsp3) is 0.455. The molecule has 1 atom stereocenters. The van der Waals surface area contributed by atoms with Crippen molar-refractivity contribution < 1.29 is 0 Å². The molecule has 0 fully saturated rings. The van der Waals surface area contributed by atoms with Crippen LogP contribution in [0.25, 0.3) is 0 Å². The number of nitrogens with one attached hydrogen (secondary N) is 1. The molecular formula is C11H14BrNS. The summed E-state index contributed by atoms with van der Waals surface area (Å²) >= 11 is 5.52. The Labute approximate surface area is 97.8 Å². The zero-order valence-electron chi connectivity index (χ0n) is 8.22. The van der Waals surface area contributed by atoms with Gasteiger partial charge in [0.15, 0.2) is 0 Å². The molecule has 1 aromatic rings. The van der Waals surface area contributed by atoms with Crippen molar-refractivity contribution in [3.05, 3.63) is 28.2 Å². The number of hydrogen-bond acceptors (Lipinski definition) is 2. The normalized spacial score (nSPS) is 20.6. The van der Waals surface area contributed by atoms with E-state index in [9.17, 15) is 0 Å². The molecule has 0 spiro atoms. The van der Waals surface area contributed by atoms with Crippen molar-refractivity contribution in [1.82, 2.24) is 5.32 Å². The molecule has 0 radical (unpaired) electrons. The third-order valence-electron chi connectivity index (χ3n) is 2.59. The van der Waals surface area contributed by atoms with Gasteiger partial charge in [0, 0.05) is 15.9 Å². The van der Waals surface area contributed by atoms with Crippen LogP contribution in [0.2, 0.25) is 0 Å². The first-order valence-corrected chi connectivity index (χ1v) is 6.66. The van der Waals surface area contributed by atoms with Crippen molar-refractivity contribution in [3.8, 4) is 0 Å². The monoisotopic (exact) mass is 271 g/mol. The first-order valence-electron chi connectivity index (χ1n) is 4.88. The molecule has 1 aromatic carbocycles. The van der Waals surface area contributed by atoms with Gasteiger partial charge in [-0.15, -0.1) is 11.8 Å². The number of rotatable bonds is 2. The Morgan fingerprint density at radius 1 is 1.57 bits per heavy atom. The molecular weight excluding hydrogens is 258 g/mol. The minimum atomic E-state index is 0.689. The standard InChI is InChI=1S/C11H14BrNS/c1-13-7-8-4-5-14-11-3-2-9(12)6-10(8)11/h2-3,6,8,13H,4-5,7H2,1H3. The van der Waals surface area contributed by atoms with E-state index in [-0.39, 0.29) is 0 Å². The lowest BCUT2D eigenvalue weighted by atomic mass is 9.96. The molecule has 1 unspecified atom stereocenters. The zero-order valence-corrected chi connectivity index (χ0v) is 10.6. The van der Waals surface area contributed by atoms with Crippen LogP contribution in [0.3, 0.4) is 0 Å². The highest BCUT2D eigenvalue weighted by Gasteiger charge is 2.19. The predicted molar refractivity (Wildman–Crippen MR) is 66.2 cm³/mol. The third kappa shape index (κ3) is 2.15. The molecule has 14 heavy (non-hydrogen) atoms. The van der Waals surface area contributed by atoms with Crippen LogP contribution in [0.1, 0.15) is 17.9 Å². The molecule has 1 heterocycles. The fourth-order valence-corrected chi connectivity index (χ4v) is 3.45. The lowest BCUT2D eigenvalue weighted by Gasteiger charge is -2.24. The Balaban J connectivity index is 2.32. The number of fused-ring (bicyclic) bond motifs is 1. The summed E-state index contributed by atoms with van der Waals surface area (Å²) in [5.41, 5.74) is 1.50. The highest BCUT2D eigenvalue weighted by molar-refractivity contribution is 9.10. The molecule has 0 saturated heterocycles. The number of likely N-dealkylation sites (N-methyl/N-ethyl adjacent to an activating group) is 1. The summed E-state index contributed by atoms with van der Waals surface area (Å²) in [7, 11) is 2.03. The molecule has 0 bridgehead atoms. The van der Waals surface area contributed by atoms with E-state index in [1.807, 2.05) is 18.8 Å². The van der Waals surface area contributed by atoms with Gasteiger partial charge >= 0.3 is 0 Å². The van der Waals surface area contributed by atoms with E-state index in [1.54, 1.807) is 0 Å². The Bertz CT molecular complexity index is 327. The molecule has 1 aliphatic heterocycles. The summed E-state index contributed by atoms with van der Waals surface area (Å²) in [4.78, 5) is 1.46. The quantitative estimate of drug-likeness (QED) is 0.887. The number of hydrogen-bond donors (Lipinski definition) is 1. The number of thioether (sulfide) groups is 1. The van der Waals surface area contributed by atoms with E-state index in [0.29, 0.717) is 5.92 Å². The van der Waals surface area contributed by atoms with Crippen molar-refractivity contribution in [3.63, 3.8) is 0 Å². The minimum absolute atomic E-state index is 0.689. The summed E-state index contributed by atoms with van der Waals surface area (Å²) < 4.78 is 1.19. The van der Waals surface area contributed by atoms with Crippen LogP contribution in [0.5, 0.6) is 0 Å². The zero-order chi connectivity index (χ0) is 9.97. The third-order valence-corrected chi connectivity index (χ3v) is 4.20. The maximum absolute atomic E-state index is 3.54. The molecule has 1 nitrogen and oxygen atoms in total. The van der Waals surface area contributed by atoms with Gasteiger partial charge in [0.05, 0.1) is 0 Å². The molecule has 1 N–H and O–H groups in total. The highest BCUT2D eigenvalue weighted by atomic mass is 79.9. The molecule has 0 amide bonds. The van der Waals surface area contributed by atoms with Crippen molar-refractivity contribution in [2.75, 3.05) is 19.3 Å². The fourth-order valence-electron chi connectivity index (χ4n) is 1.89. The minimum Gasteiger partial charge on any atom is -0.319 e. The summed E-state index contributed by atoms with van der Waals surface area (Å²) in [6.07, 6.45) is 1.29. The van der Waals surface area contributed by atoms with Gasteiger partial charge in [0.25, 0.3) is 0 Å². The van der Waals surface area contributed by atoms with Gasteiger partial charge in [0.1, 0.15) is 0 Å². The van der Waals surface area contributed by atoms with Crippen LogP contribution in [0.15, 0.2) is 27.6 Å². The average Bonchev–Trinajstić information content (AvgIpc) is 2.19. The van der Waals surface area contributed by atoms with Crippen molar-refractivity contribution in [2.24, 2.45) is 0 Å². The van der Waals surface area contributed by atoms with E-state index in [0.717, 1.165) is 6.54 Å². The van der Waals surface area contributed by atoms with Crippen LogP contribution >= 0.6 is 27.7 Å². The van der Waals surface area contributed by atoms with E-state index in [2.05, 4.69) is 39.4 Å². The lowest BCUT2D eigenvalue weighted by molar-refractivity contribution is 0.600. The second-order valence-corrected chi connectivity index (χ2v) is 5.63.